The summed E-state index contributed by atoms with van der Waals surface area (Å²) in [4.78, 5) is 0. The molecule has 0 radical (unpaired) electrons. The first-order valence-corrected chi connectivity index (χ1v) is 3.91. The van der Waals surface area contributed by atoms with Crippen molar-refractivity contribution in [3.05, 3.63) is 0 Å². The number of terminal acetylenes is 1. The largest absolute Gasteiger partial charge is 0.393 e. The van der Waals surface area contributed by atoms with Crippen LogP contribution in [-0.4, -0.2) is 24.9 Å². The molecule has 1 unspecified atom stereocenters. The first-order chi connectivity index (χ1) is 5.31. The van der Waals surface area contributed by atoms with Crippen LogP contribution >= 0.6 is 0 Å². The number of rotatable bonds is 6. The van der Waals surface area contributed by atoms with Crippen molar-refractivity contribution < 1.29 is 9.84 Å². The van der Waals surface area contributed by atoms with Gasteiger partial charge in [-0.25, -0.2) is 0 Å². The number of methoxy groups -OCH3 is 1. The monoisotopic (exact) mass is 156 g/mol. The smallest absolute Gasteiger partial charge is 0.0550 e. The summed E-state index contributed by atoms with van der Waals surface area (Å²) in [6.45, 7) is 0.715. The van der Waals surface area contributed by atoms with Gasteiger partial charge in [-0.2, -0.15) is 0 Å². The summed E-state index contributed by atoms with van der Waals surface area (Å²) in [6.07, 6.45) is 7.86. The molecule has 0 heterocycles. The molecule has 11 heavy (non-hydrogen) atoms. The normalized spacial score (nSPS) is 12.5. The first kappa shape index (κ1) is 10.5. The zero-order chi connectivity index (χ0) is 8.53. The summed E-state index contributed by atoms with van der Waals surface area (Å²) in [7, 11) is 1.66. The quantitative estimate of drug-likeness (QED) is 0.462. The lowest BCUT2D eigenvalue weighted by atomic mass is 10.1. The second kappa shape index (κ2) is 7.59. The maximum Gasteiger partial charge on any atom is 0.0550 e. The number of hydrogen-bond acceptors (Lipinski definition) is 2. The van der Waals surface area contributed by atoms with Crippen LogP contribution in [0.1, 0.15) is 25.7 Å². The standard InChI is InChI=1S/C9H16O2/c1-3-4-6-9(10)7-5-8-11-2/h1,9-10H,4-8H2,2H3. The minimum atomic E-state index is -0.249. The van der Waals surface area contributed by atoms with Crippen molar-refractivity contribution in [1.82, 2.24) is 0 Å². The predicted molar refractivity (Wildman–Crippen MR) is 45.2 cm³/mol. The Kier molecular flexibility index (Phi) is 7.23. The van der Waals surface area contributed by atoms with Crippen molar-refractivity contribution in [3.63, 3.8) is 0 Å². The minimum Gasteiger partial charge on any atom is -0.393 e. The van der Waals surface area contributed by atoms with E-state index in [4.69, 9.17) is 11.2 Å². The van der Waals surface area contributed by atoms with Gasteiger partial charge in [-0.15, -0.1) is 12.3 Å². The first-order valence-electron chi connectivity index (χ1n) is 3.91. The van der Waals surface area contributed by atoms with E-state index < -0.39 is 0 Å². The molecule has 0 spiro atoms. The molecule has 0 amide bonds. The molecule has 1 atom stereocenters. The van der Waals surface area contributed by atoms with Crippen LogP contribution in [0, 0.1) is 12.3 Å². The highest BCUT2D eigenvalue weighted by Gasteiger charge is 2.01. The van der Waals surface area contributed by atoms with E-state index in [2.05, 4.69) is 5.92 Å². The van der Waals surface area contributed by atoms with Gasteiger partial charge in [-0.1, -0.05) is 0 Å². The van der Waals surface area contributed by atoms with Gasteiger partial charge in [0.15, 0.2) is 0 Å². The van der Waals surface area contributed by atoms with Crippen LogP contribution in [0.5, 0.6) is 0 Å². The van der Waals surface area contributed by atoms with Gasteiger partial charge in [0.2, 0.25) is 0 Å². The Morgan fingerprint density at radius 3 is 2.82 bits per heavy atom. The molecule has 0 fully saturated rings. The zero-order valence-electron chi connectivity index (χ0n) is 7.05. The van der Waals surface area contributed by atoms with Crippen molar-refractivity contribution in [2.24, 2.45) is 0 Å². The van der Waals surface area contributed by atoms with Gasteiger partial charge in [0.25, 0.3) is 0 Å². The summed E-state index contributed by atoms with van der Waals surface area (Å²) in [5, 5.41) is 9.26. The Morgan fingerprint density at radius 2 is 2.27 bits per heavy atom. The Hall–Kier alpha value is -0.520. The van der Waals surface area contributed by atoms with Crippen molar-refractivity contribution >= 4 is 0 Å². The molecule has 1 N–H and O–H groups in total. The van der Waals surface area contributed by atoms with Crippen LogP contribution in [0.4, 0.5) is 0 Å². The summed E-state index contributed by atoms with van der Waals surface area (Å²) >= 11 is 0. The third-order valence-electron chi connectivity index (χ3n) is 1.51. The van der Waals surface area contributed by atoms with Gasteiger partial charge in [0.1, 0.15) is 0 Å². The lowest BCUT2D eigenvalue weighted by Crippen LogP contribution is -2.06. The predicted octanol–water partition coefficient (Wildman–Crippen LogP) is 1.19. The molecule has 0 bridgehead atoms. The van der Waals surface area contributed by atoms with E-state index in [0.29, 0.717) is 19.4 Å². The summed E-state index contributed by atoms with van der Waals surface area (Å²) < 4.78 is 4.85. The average molecular weight is 156 g/mol. The fourth-order valence-electron chi connectivity index (χ4n) is 0.858. The number of ether oxygens (including phenoxy) is 1. The van der Waals surface area contributed by atoms with Gasteiger partial charge in [0.05, 0.1) is 6.10 Å². The molecule has 0 aliphatic heterocycles. The summed E-state index contributed by atoms with van der Waals surface area (Å²) in [5.74, 6) is 2.50. The van der Waals surface area contributed by atoms with Crippen LogP contribution < -0.4 is 0 Å². The summed E-state index contributed by atoms with van der Waals surface area (Å²) in [6, 6.07) is 0. The van der Waals surface area contributed by atoms with E-state index in [1.807, 2.05) is 0 Å². The molecule has 64 valence electrons. The SMILES string of the molecule is C#CCCC(O)CCCOC. The fourth-order valence-corrected chi connectivity index (χ4v) is 0.858. The minimum absolute atomic E-state index is 0.249. The number of hydrogen-bond donors (Lipinski definition) is 1. The van der Waals surface area contributed by atoms with Crippen molar-refractivity contribution in [3.8, 4) is 12.3 Å². The molecule has 0 rings (SSSR count). The maximum atomic E-state index is 9.26. The Bertz CT molecular complexity index is 115. The molecule has 0 saturated carbocycles. The van der Waals surface area contributed by atoms with E-state index in [1.54, 1.807) is 7.11 Å². The number of aliphatic hydroxyl groups is 1. The summed E-state index contributed by atoms with van der Waals surface area (Å²) in [5.41, 5.74) is 0. The Labute approximate surface area is 68.6 Å². The number of aliphatic hydroxyl groups excluding tert-OH is 1. The molecule has 0 aromatic rings. The average Bonchev–Trinajstić information content (AvgIpc) is 2.01. The lowest BCUT2D eigenvalue weighted by molar-refractivity contribution is 0.129. The molecular weight excluding hydrogens is 140 g/mol. The van der Waals surface area contributed by atoms with Gasteiger partial charge in [-0.3, -0.25) is 0 Å². The van der Waals surface area contributed by atoms with E-state index in [1.165, 1.54) is 0 Å². The van der Waals surface area contributed by atoms with Crippen LogP contribution in [0.25, 0.3) is 0 Å². The highest BCUT2D eigenvalue weighted by atomic mass is 16.5. The van der Waals surface area contributed by atoms with E-state index >= 15 is 0 Å². The maximum absolute atomic E-state index is 9.26. The van der Waals surface area contributed by atoms with E-state index in [0.717, 1.165) is 12.8 Å². The van der Waals surface area contributed by atoms with Gasteiger partial charge in [0, 0.05) is 20.1 Å². The fraction of sp³-hybridized carbons (Fsp3) is 0.778. The second-order valence-electron chi connectivity index (χ2n) is 2.53. The third kappa shape index (κ3) is 7.38. The van der Waals surface area contributed by atoms with Crippen molar-refractivity contribution in [2.45, 2.75) is 31.8 Å². The molecule has 0 aliphatic rings. The molecule has 0 aromatic carbocycles. The molecule has 0 aromatic heterocycles. The van der Waals surface area contributed by atoms with Crippen LogP contribution in [-0.2, 0) is 4.74 Å². The molecule has 2 heteroatoms. The molecule has 0 aliphatic carbocycles. The van der Waals surface area contributed by atoms with E-state index in [-0.39, 0.29) is 6.10 Å². The van der Waals surface area contributed by atoms with Gasteiger partial charge >= 0.3 is 0 Å². The molecule has 0 saturated heterocycles. The lowest BCUT2D eigenvalue weighted by Gasteiger charge is -2.06. The molecular formula is C9H16O2. The van der Waals surface area contributed by atoms with Crippen LogP contribution in [0.15, 0.2) is 0 Å². The van der Waals surface area contributed by atoms with Crippen molar-refractivity contribution in [2.75, 3.05) is 13.7 Å². The highest BCUT2D eigenvalue weighted by Crippen LogP contribution is 2.03. The Balaban J connectivity index is 3.10. The van der Waals surface area contributed by atoms with E-state index in [9.17, 15) is 5.11 Å². The molecule has 2 nitrogen and oxygen atoms in total. The van der Waals surface area contributed by atoms with Crippen LogP contribution in [0.3, 0.4) is 0 Å². The third-order valence-corrected chi connectivity index (χ3v) is 1.51. The van der Waals surface area contributed by atoms with Crippen LogP contribution in [0.2, 0.25) is 0 Å². The zero-order valence-corrected chi connectivity index (χ0v) is 7.05. The highest BCUT2D eigenvalue weighted by molar-refractivity contribution is 4.84. The second-order valence-corrected chi connectivity index (χ2v) is 2.53. The Morgan fingerprint density at radius 1 is 1.55 bits per heavy atom. The van der Waals surface area contributed by atoms with Crippen molar-refractivity contribution in [1.29, 1.82) is 0 Å². The van der Waals surface area contributed by atoms with Gasteiger partial charge in [-0.05, 0) is 19.3 Å². The topological polar surface area (TPSA) is 29.5 Å². The van der Waals surface area contributed by atoms with Gasteiger partial charge < -0.3 is 9.84 Å².